The summed E-state index contributed by atoms with van der Waals surface area (Å²) in [6, 6.07) is 0. The third-order valence-corrected chi connectivity index (χ3v) is 7.47. The van der Waals surface area contributed by atoms with Crippen LogP contribution in [0, 0.1) is 29.1 Å². The SMILES string of the molecule is CC(C)C(SCC12CC3CC(CC(C3)C1)C2)C(=O)O. The van der Waals surface area contributed by atoms with Gasteiger partial charge in [-0.1, -0.05) is 13.8 Å². The molecule has 0 saturated heterocycles. The van der Waals surface area contributed by atoms with Crippen molar-refractivity contribution in [2.45, 2.75) is 57.6 Å². The first-order valence-corrected chi connectivity index (χ1v) is 8.87. The molecular formula is C16H26O2S. The van der Waals surface area contributed by atoms with E-state index in [0.29, 0.717) is 5.41 Å². The molecule has 0 radical (unpaired) electrons. The molecule has 4 aliphatic rings. The van der Waals surface area contributed by atoms with Gasteiger partial charge < -0.3 is 5.11 Å². The maximum Gasteiger partial charge on any atom is 0.316 e. The molecule has 4 aliphatic carbocycles. The molecule has 4 fully saturated rings. The Morgan fingerprint density at radius 1 is 1.16 bits per heavy atom. The fourth-order valence-corrected chi connectivity index (χ4v) is 6.70. The summed E-state index contributed by atoms with van der Waals surface area (Å²) >= 11 is 1.73. The number of aliphatic carboxylic acids is 1. The molecule has 0 aliphatic heterocycles. The minimum absolute atomic E-state index is 0.215. The molecule has 0 heterocycles. The van der Waals surface area contributed by atoms with E-state index in [-0.39, 0.29) is 11.2 Å². The van der Waals surface area contributed by atoms with Crippen LogP contribution in [0.15, 0.2) is 0 Å². The van der Waals surface area contributed by atoms with Gasteiger partial charge in [-0.3, -0.25) is 4.79 Å². The van der Waals surface area contributed by atoms with Crippen LogP contribution in [0.5, 0.6) is 0 Å². The van der Waals surface area contributed by atoms with Gasteiger partial charge in [-0.15, -0.1) is 11.8 Å². The van der Waals surface area contributed by atoms with Crippen LogP contribution in [0.1, 0.15) is 52.4 Å². The van der Waals surface area contributed by atoms with Gasteiger partial charge in [0.15, 0.2) is 0 Å². The molecule has 0 aromatic carbocycles. The third kappa shape index (κ3) is 2.68. The molecule has 1 atom stereocenters. The van der Waals surface area contributed by atoms with E-state index in [0.717, 1.165) is 23.5 Å². The minimum atomic E-state index is -0.621. The smallest absolute Gasteiger partial charge is 0.316 e. The summed E-state index contributed by atoms with van der Waals surface area (Å²) in [5.74, 6) is 3.60. The predicted octanol–water partition coefficient (Wildman–Crippen LogP) is 4.05. The summed E-state index contributed by atoms with van der Waals surface area (Å²) < 4.78 is 0. The Balaban J connectivity index is 1.64. The summed E-state index contributed by atoms with van der Waals surface area (Å²) in [7, 11) is 0. The Morgan fingerprint density at radius 3 is 2.00 bits per heavy atom. The standard InChI is InChI=1S/C16H26O2S/c1-10(2)14(15(17)18)19-9-16-6-11-3-12(7-16)5-13(4-11)8-16/h10-14H,3-9H2,1-2H3,(H,17,18). The number of carboxylic acid groups (broad SMARTS) is 1. The molecule has 0 aromatic heterocycles. The van der Waals surface area contributed by atoms with Crippen molar-refractivity contribution in [2.24, 2.45) is 29.1 Å². The average molecular weight is 282 g/mol. The van der Waals surface area contributed by atoms with Crippen LogP contribution in [0.25, 0.3) is 0 Å². The first kappa shape index (κ1) is 13.8. The molecule has 19 heavy (non-hydrogen) atoms. The molecular weight excluding hydrogens is 256 g/mol. The lowest BCUT2D eigenvalue weighted by Crippen LogP contribution is -2.47. The Labute approximate surface area is 120 Å². The van der Waals surface area contributed by atoms with Crippen molar-refractivity contribution < 1.29 is 9.90 Å². The van der Waals surface area contributed by atoms with Crippen LogP contribution in [0.2, 0.25) is 0 Å². The zero-order valence-corrected chi connectivity index (χ0v) is 12.9. The van der Waals surface area contributed by atoms with Gasteiger partial charge in [0.25, 0.3) is 0 Å². The molecule has 108 valence electrons. The zero-order chi connectivity index (χ0) is 13.6. The number of hydrogen-bond donors (Lipinski definition) is 1. The number of hydrogen-bond acceptors (Lipinski definition) is 2. The Kier molecular flexibility index (Phi) is 3.61. The summed E-state index contributed by atoms with van der Waals surface area (Å²) in [4.78, 5) is 11.3. The third-order valence-electron chi connectivity index (χ3n) is 5.58. The Hall–Kier alpha value is -0.180. The van der Waals surface area contributed by atoms with Gasteiger partial charge in [-0.25, -0.2) is 0 Å². The van der Waals surface area contributed by atoms with Crippen LogP contribution in [0.4, 0.5) is 0 Å². The first-order chi connectivity index (χ1) is 8.97. The van der Waals surface area contributed by atoms with Crippen molar-refractivity contribution in [3.8, 4) is 0 Å². The second-order valence-electron chi connectivity index (χ2n) is 7.73. The molecule has 0 spiro atoms. The maximum absolute atomic E-state index is 11.3. The average Bonchev–Trinajstić information content (AvgIpc) is 2.25. The van der Waals surface area contributed by atoms with Gasteiger partial charge in [-0.2, -0.15) is 0 Å². The number of rotatable bonds is 5. The molecule has 4 saturated carbocycles. The largest absolute Gasteiger partial charge is 0.480 e. The van der Waals surface area contributed by atoms with E-state index in [9.17, 15) is 9.90 Å². The Bertz CT molecular complexity index is 328. The fourth-order valence-electron chi connectivity index (χ4n) is 5.28. The number of carboxylic acids is 1. The van der Waals surface area contributed by atoms with E-state index in [2.05, 4.69) is 0 Å². The number of thioether (sulfide) groups is 1. The second kappa shape index (κ2) is 4.98. The zero-order valence-electron chi connectivity index (χ0n) is 12.1. The fraction of sp³-hybridized carbons (Fsp3) is 0.938. The minimum Gasteiger partial charge on any atom is -0.480 e. The monoisotopic (exact) mass is 282 g/mol. The summed E-state index contributed by atoms with van der Waals surface area (Å²) in [5, 5.41) is 9.12. The lowest BCUT2D eigenvalue weighted by molar-refractivity contribution is -0.137. The van der Waals surface area contributed by atoms with Gasteiger partial charge in [-0.05, 0) is 73.4 Å². The van der Waals surface area contributed by atoms with Crippen molar-refractivity contribution >= 4 is 17.7 Å². The van der Waals surface area contributed by atoms with Crippen LogP contribution in [-0.2, 0) is 4.79 Å². The maximum atomic E-state index is 11.3. The van der Waals surface area contributed by atoms with Gasteiger partial charge in [0.05, 0.1) is 0 Å². The van der Waals surface area contributed by atoms with Crippen molar-refractivity contribution in [3.05, 3.63) is 0 Å². The normalized spacial score (nSPS) is 41.7. The lowest BCUT2D eigenvalue weighted by Gasteiger charge is -2.57. The highest BCUT2D eigenvalue weighted by molar-refractivity contribution is 8.00. The highest BCUT2D eigenvalue weighted by Gasteiger charge is 2.50. The van der Waals surface area contributed by atoms with Crippen molar-refractivity contribution in [1.29, 1.82) is 0 Å². The van der Waals surface area contributed by atoms with Crippen molar-refractivity contribution in [3.63, 3.8) is 0 Å². The van der Waals surface area contributed by atoms with E-state index >= 15 is 0 Å². The first-order valence-electron chi connectivity index (χ1n) is 7.82. The number of carbonyl (C=O) groups is 1. The summed E-state index contributed by atoms with van der Waals surface area (Å²) in [6.07, 6.45) is 8.56. The summed E-state index contributed by atoms with van der Waals surface area (Å²) in [5.41, 5.74) is 0.502. The van der Waals surface area contributed by atoms with Gasteiger partial charge in [0.1, 0.15) is 5.25 Å². The molecule has 4 bridgehead atoms. The van der Waals surface area contributed by atoms with Gasteiger partial charge in [0, 0.05) is 0 Å². The van der Waals surface area contributed by atoms with Crippen LogP contribution < -0.4 is 0 Å². The predicted molar refractivity (Wildman–Crippen MR) is 79.3 cm³/mol. The van der Waals surface area contributed by atoms with E-state index in [1.807, 2.05) is 13.8 Å². The van der Waals surface area contributed by atoms with E-state index < -0.39 is 5.97 Å². The molecule has 1 N–H and O–H groups in total. The van der Waals surface area contributed by atoms with E-state index in [1.165, 1.54) is 38.5 Å². The van der Waals surface area contributed by atoms with Gasteiger partial charge >= 0.3 is 5.97 Å². The van der Waals surface area contributed by atoms with Crippen molar-refractivity contribution in [1.82, 2.24) is 0 Å². The summed E-state index contributed by atoms with van der Waals surface area (Å²) in [6.45, 7) is 4.07. The Morgan fingerprint density at radius 2 is 1.63 bits per heavy atom. The molecule has 4 rings (SSSR count). The van der Waals surface area contributed by atoms with Crippen molar-refractivity contribution in [2.75, 3.05) is 5.75 Å². The molecule has 0 aromatic rings. The van der Waals surface area contributed by atoms with Crippen LogP contribution in [0.3, 0.4) is 0 Å². The van der Waals surface area contributed by atoms with Gasteiger partial charge in [0.2, 0.25) is 0 Å². The van der Waals surface area contributed by atoms with Crippen LogP contribution >= 0.6 is 11.8 Å². The highest BCUT2D eigenvalue weighted by Crippen LogP contribution is 2.61. The lowest BCUT2D eigenvalue weighted by atomic mass is 9.50. The molecule has 3 heteroatoms. The highest BCUT2D eigenvalue weighted by atomic mass is 32.2. The van der Waals surface area contributed by atoms with E-state index in [1.54, 1.807) is 11.8 Å². The topological polar surface area (TPSA) is 37.3 Å². The van der Waals surface area contributed by atoms with E-state index in [4.69, 9.17) is 0 Å². The second-order valence-corrected chi connectivity index (χ2v) is 8.86. The molecule has 0 amide bonds. The quantitative estimate of drug-likeness (QED) is 0.826. The van der Waals surface area contributed by atoms with Crippen LogP contribution in [-0.4, -0.2) is 22.1 Å². The molecule has 2 nitrogen and oxygen atoms in total. The molecule has 1 unspecified atom stereocenters.